The molecule has 0 atom stereocenters. The lowest BCUT2D eigenvalue weighted by atomic mass is 10.1. The Morgan fingerprint density at radius 1 is 1.23 bits per heavy atom. The quantitative estimate of drug-likeness (QED) is 0.296. The van der Waals surface area contributed by atoms with E-state index >= 15 is 0 Å². The van der Waals surface area contributed by atoms with Crippen LogP contribution in [0.5, 0.6) is 0 Å². The van der Waals surface area contributed by atoms with E-state index in [4.69, 9.17) is 0 Å². The summed E-state index contributed by atoms with van der Waals surface area (Å²) in [6.45, 7) is 3.40. The Bertz CT molecular complexity index is 706. The summed E-state index contributed by atoms with van der Waals surface area (Å²) in [4.78, 5) is 46.3. The minimum atomic E-state index is -0.811. The number of benzene rings is 1. The molecule has 0 radical (unpaired) electrons. The van der Waals surface area contributed by atoms with Gasteiger partial charge in [-0.3, -0.25) is 29.9 Å². The van der Waals surface area contributed by atoms with Crippen LogP contribution in [0.1, 0.15) is 5.56 Å². The number of nitrogens with zero attached hydrogens (tertiary/aromatic N) is 2. The summed E-state index contributed by atoms with van der Waals surface area (Å²) in [6, 6.07) is 4.50. The van der Waals surface area contributed by atoms with Crippen molar-refractivity contribution < 1.29 is 19.3 Å². The van der Waals surface area contributed by atoms with Gasteiger partial charge >= 0.3 is 6.03 Å². The second-order valence-corrected chi connectivity index (χ2v) is 4.37. The number of nitrogens with one attached hydrogen (secondary N) is 1. The Morgan fingerprint density at radius 2 is 1.86 bits per heavy atom. The predicted octanol–water partition coefficient (Wildman–Crippen LogP) is 1.24. The number of rotatable bonds is 4. The van der Waals surface area contributed by atoms with E-state index in [1.165, 1.54) is 36.4 Å². The van der Waals surface area contributed by atoms with Crippen molar-refractivity contribution in [1.29, 1.82) is 0 Å². The van der Waals surface area contributed by atoms with Crippen molar-refractivity contribution in [2.75, 3.05) is 6.54 Å². The Balaban J connectivity index is 2.34. The van der Waals surface area contributed by atoms with Gasteiger partial charge in [-0.25, -0.2) is 4.79 Å². The predicted molar refractivity (Wildman–Crippen MR) is 76.5 cm³/mol. The molecule has 0 aromatic heterocycles. The van der Waals surface area contributed by atoms with E-state index in [9.17, 15) is 24.5 Å². The molecule has 8 heteroatoms. The molecule has 0 bridgehead atoms. The molecule has 22 heavy (non-hydrogen) atoms. The summed E-state index contributed by atoms with van der Waals surface area (Å²) in [7, 11) is 0. The van der Waals surface area contributed by atoms with Crippen LogP contribution in [0, 0.1) is 10.1 Å². The van der Waals surface area contributed by atoms with Crippen molar-refractivity contribution in [3.05, 3.63) is 58.2 Å². The number of hydrogen-bond donors (Lipinski definition) is 1. The van der Waals surface area contributed by atoms with Crippen molar-refractivity contribution >= 4 is 29.6 Å². The number of urea groups is 1. The molecule has 1 fully saturated rings. The molecule has 1 aliphatic rings. The molecule has 1 aromatic rings. The van der Waals surface area contributed by atoms with Gasteiger partial charge < -0.3 is 0 Å². The Labute approximate surface area is 124 Å². The highest BCUT2D eigenvalue weighted by atomic mass is 16.6. The van der Waals surface area contributed by atoms with Crippen molar-refractivity contribution in [3.63, 3.8) is 0 Å². The zero-order valence-corrected chi connectivity index (χ0v) is 11.3. The van der Waals surface area contributed by atoms with E-state index in [0.29, 0.717) is 5.56 Å². The number of nitro groups is 1. The third-order valence-electron chi connectivity index (χ3n) is 2.91. The van der Waals surface area contributed by atoms with Crippen molar-refractivity contribution in [2.24, 2.45) is 0 Å². The third-order valence-corrected chi connectivity index (χ3v) is 2.91. The molecule has 1 saturated heterocycles. The number of non-ortho nitro benzene ring substituents is 1. The molecule has 4 amide bonds. The molecule has 0 aliphatic carbocycles. The van der Waals surface area contributed by atoms with Crippen LogP contribution in [-0.4, -0.2) is 34.2 Å². The van der Waals surface area contributed by atoms with Gasteiger partial charge in [-0.05, 0) is 23.8 Å². The second kappa shape index (κ2) is 6.00. The first-order valence-electron chi connectivity index (χ1n) is 6.18. The lowest BCUT2D eigenvalue weighted by molar-refractivity contribution is -0.384. The molecule has 112 valence electrons. The smallest absolute Gasteiger partial charge is 0.273 e. The van der Waals surface area contributed by atoms with Gasteiger partial charge in [-0.2, -0.15) is 0 Å². The van der Waals surface area contributed by atoms with E-state index in [1.807, 2.05) is 5.32 Å². The van der Waals surface area contributed by atoms with Gasteiger partial charge in [-0.15, -0.1) is 6.58 Å². The van der Waals surface area contributed by atoms with Gasteiger partial charge in [0.15, 0.2) is 0 Å². The summed E-state index contributed by atoms with van der Waals surface area (Å²) in [6.07, 6.45) is 2.63. The normalized spacial score (nSPS) is 16.6. The first-order valence-corrected chi connectivity index (χ1v) is 6.18. The number of imide groups is 2. The molecule has 8 nitrogen and oxygen atoms in total. The Hall–Kier alpha value is -3.29. The third kappa shape index (κ3) is 2.90. The fourth-order valence-corrected chi connectivity index (χ4v) is 1.85. The molecule has 2 rings (SSSR count). The van der Waals surface area contributed by atoms with Crippen LogP contribution < -0.4 is 5.32 Å². The standard InChI is InChI=1S/C14H11N3O5/c1-2-7-16-13(19)11(12(18)15-14(16)20)8-9-3-5-10(6-4-9)17(21)22/h2-6,8H,1,7H2,(H,15,18,20)/b11-8+. The second-order valence-electron chi connectivity index (χ2n) is 4.37. The first-order chi connectivity index (χ1) is 10.4. The summed E-state index contributed by atoms with van der Waals surface area (Å²) < 4.78 is 0. The van der Waals surface area contributed by atoms with Crippen LogP contribution in [0.4, 0.5) is 10.5 Å². The van der Waals surface area contributed by atoms with Crippen LogP contribution in [0.25, 0.3) is 6.08 Å². The molecule has 1 aliphatic heterocycles. The maximum atomic E-state index is 12.1. The molecular formula is C14H11N3O5. The minimum absolute atomic E-state index is 0.0322. The highest BCUT2D eigenvalue weighted by molar-refractivity contribution is 6.31. The highest BCUT2D eigenvalue weighted by Gasteiger charge is 2.34. The van der Waals surface area contributed by atoms with Gasteiger partial charge in [0.25, 0.3) is 17.5 Å². The van der Waals surface area contributed by atoms with Gasteiger partial charge in [-0.1, -0.05) is 6.08 Å². The lowest BCUT2D eigenvalue weighted by Crippen LogP contribution is -2.54. The van der Waals surface area contributed by atoms with Gasteiger partial charge in [0.1, 0.15) is 5.57 Å². The number of hydrogen-bond acceptors (Lipinski definition) is 5. The number of carbonyl (C=O) groups is 3. The maximum absolute atomic E-state index is 12.1. The first kappa shape index (κ1) is 15.1. The van der Waals surface area contributed by atoms with E-state index in [1.54, 1.807) is 0 Å². The molecule has 1 N–H and O–H groups in total. The zero-order valence-electron chi connectivity index (χ0n) is 11.3. The van der Waals surface area contributed by atoms with E-state index in [2.05, 4.69) is 6.58 Å². The summed E-state index contributed by atoms with van der Waals surface area (Å²) >= 11 is 0. The fraction of sp³-hybridized carbons (Fsp3) is 0.0714. The SMILES string of the molecule is C=CCN1C(=O)NC(=O)/C(=C\c2ccc([N+](=O)[O-])cc2)C1=O. The zero-order chi connectivity index (χ0) is 16.3. The maximum Gasteiger partial charge on any atom is 0.331 e. The van der Waals surface area contributed by atoms with Crippen molar-refractivity contribution in [3.8, 4) is 0 Å². The van der Waals surface area contributed by atoms with Crippen LogP contribution in [0.2, 0.25) is 0 Å². The van der Waals surface area contributed by atoms with Crippen LogP contribution >= 0.6 is 0 Å². The monoisotopic (exact) mass is 301 g/mol. The number of amides is 4. The van der Waals surface area contributed by atoms with E-state index in [0.717, 1.165) is 4.90 Å². The van der Waals surface area contributed by atoms with Gasteiger partial charge in [0.2, 0.25) is 0 Å². The highest BCUT2D eigenvalue weighted by Crippen LogP contribution is 2.17. The van der Waals surface area contributed by atoms with Crippen LogP contribution in [0.3, 0.4) is 0 Å². The van der Waals surface area contributed by atoms with E-state index in [-0.39, 0.29) is 17.8 Å². The molecule has 0 unspecified atom stereocenters. The van der Waals surface area contributed by atoms with Crippen molar-refractivity contribution in [1.82, 2.24) is 10.2 Å². The lowest BCUT2D eigenvalue weighted by Gasteiger charge is -2.25. The average Bonchev–Trinajstić information content (AvgIpc) is 2.48. The number of nitro benzene ring substituents is 1. The van der Waals surface area contributed by atoms with E-state index < -0.39 is 22.8 Å². The largest absolute Gasteiger partial charge is 0.331 e. The molecule has 1 heterocycles. The fourth-order valence-electron chi connectivity index (χ4n) is 1.85. The summed E-state index contributed by atoms with van der Waals surface area (Å²) in [5, 5.41) is 12.6. The summed E-state index contributed by atoms with van der Waals surface area (Å²) in [5.41, 5.74) is 0.0948. The van der Waals surface area contributed by atoms with Gasteiger partial charge in [0.05, 0.1) is 4.92 Å². The number of barbiturate groups is 1. The van der Waals surface area contributed by atoms with Gasteiger partial charge in [0, 0.05) is 18.7 Å². The molecule has 0 spiro atoms. The Morgan fingerprint density at radius 3 is 2.41 bits per heavy atom. The minimum Gasteiger partial charge on any atom is -0.273 e. The number of carbonyl (C=O) groups excluding carboxylic acids is 3. The van der Waals surface area contributed by atoms with Crippen molar-refractivity contribution in [2.45, 2.75) is 0 Å². The van der Waals surface area contributed by atoms with Crippen LogP contribution in [0.15, 0.2) is 42.5 Å². The molecule has 0 saturated carbocycles. The Kier molecular flexibility index (Phi) is 4.12. The summed E-state index contributed by atoms with van der Waals surface area (Å²) in [5.74, 6) is -1.55. The molecular weight excluding hydrogens is 290 g/mol. The average molecular weight is 301 g/mol. The molecule has 1 aromatic carbocycles. The van der Waals surface area contributed by atoms with Crippen LogP contribution in [-0.2, 0) is 9.59 Å². The topological polar surface area (TPSA) is 110 Å².